The van der Waals surface area contributed by atoms with Gasteiger partial charge in [-0.15, -0.1) is 0 Å². The molecule has 1 aliphatic carbocycles. The first-order valence-electron chi connectivity index (χ1n) is 5.97. The van der Waals surface area contributed by atoms with Gasteiger partial charge in [0.1, 0.15) is 5.75 Å². The molecule has 0 N–H and O–H groups in total. The van der Waals surface area contributed by atoms with Crippen molar-refractivity contribution in [1.29, 1.82) is 0 Å². The summed E-state index contributed by atoms with van der Waals surface area (Å²) in [5.74, 6) is 1.10. The first-order valence-corrected chi connectivity index (χ1v) is 5.97. The summed E-state index contributed by atoms with van der Waals surface area (Å²) in [6.45, 7) is 0. The average molecular weight is 212 g/mol. The minimum absolute atomic E-state index is 1.10. The lowest BCUT2D eigenvalue weighted by Gasteiger charge is -2.20. The molecule has 0 saturated carbocycles. The van der Waals surface area contributed by atoms with Crippen molar-refractivity contribution in [3.8, 4) is 5.75 Å². The monoisotopic (exact) mass is 212 g/mol. The highest BCUT2D eigenvalue weighted by Gasteiger charge is 2.16. The van der Waals surface area contributed by atoms with Crippen LogP contribution < -0.4 is 4.74 Å². The Morgan fingerprint density at radius 3 is 2.75 bits per heavy atom. The van der Waals surface area contributed by atoms with Crippen molar-refractivity contribution in [3.05, 3.63) is 41.5 Å². The molecule has 2 aromatic rings. The summed E-state index contributed by atoms with van der Waals surface area (Å²) in [5, 5.41) is 2.56. The lowest BCUT2D eigenvalue weighted by Crippen LogP contribution is -2.05. The van der Waals surface area contributed by atoms with Crippen LogP contribution in [-0.2, 0) is 12.8 Å². The molecule has 1 aliphatic rings. The van der Waals surface area contributed by atoms with Crippen LogP contribution in [0.3, 0.4) is 0 Å². The van der Waals surface area contributed by atoms with Gasteiger partial charge in [0.15, 0.2) is 0 Å². The molecule has 0 heterocycles. The van der Waals surface area contributed by atoms with E-state index in [1.165, 1.54) is 47.6 Å². The summed E-state index contributed by atoms with van der Waals surface area (Å²) in [4.78, 5) is 0. The molecule has 0 amide bonds. The third kappa shape index (κ3) is 1.39. The van der Waals surface area contributed by atoms with Crippen LogP contribution in [0.2, 0.25) is 0 Å². The van der Waals surface area contributed by atoms with Gasteiger partial charge < -0.3 is 4.74 Å². The Hall–Kier alpha value is -1.50. The van der Waals surface area contributed by atoms with Crippen LogP contribution in [0.15, 0.2) is 30.3 Å². The SMILES string of the molecule is COc1c2c(cc3ccccc13)CCCC2. The van der Waals surface area contributed by atoms with E-state index < -0.39 is 0 Å². The molecule has 1 nitrogen and oxygen atoms in total. The molecule has 3 rings (SSSR count). The molecule has 82 valence electrons. The molecule has 1 heteroatoms. The third-order valence-electron chi connectivity index (χ3n) is 3.52. The Bertz CT molecular complexity index is 528. The van der Waals surface area contributed by atoms with Crippen molar-refractivity contribution >= 4 is 10.8 Å². The minimum atomic E-state index is 1.10. The number of fused-ring (bicyclic) bond motifs is 2. The maximum Gasteiger partial charge on any atom is 0.130 e. The van der Waals surface area contributed by atoms with E-state index in [9.17, 15) is 0 Å². The Balaban J connectivity index is 2.35. The van der Waals surface area contributed by atoms with Gasteiger partial charge >= 0.3 is 0 Å². The largest absolute Gasteiger partial charge is 0.496 e. The number of hydrogen-bond donors (Lipinski definition) is 0. The van der Waals surface area contributed by atoms with Gasteiger partial charge in [0, 0.05) is 5.39 Å². The molecule has 16 heavy (non-hydrogen) atoms. The predicted octanol–water partition coefficient (Wildman–Crippen LogP) is 3.73. The van der Waals surface area contributed by atoms with Crippen LogP contribution in [-0.4, -0.2) is 7.11 Å². The van der Waals surface area contributed by atoms with E-state index >= 15 is 0 Å². The van der Waals surface area contributed by atoms with Gasteiger partial charge in [0.2, 0.25) is 0 Å². The quantitative estimate of drug-likeness (QED) is 0.700. The summed E-state index contributed by atoms with van der Waals surface area (Å²) in [6, 6.07) is 10.8. The number of ether oxygens (including phenoxy) is 1. The van der Waals surface area contributed by atoms with Crippen molar-refractivity contribution in [2.45, 2.75) is 25.7 Å². The van der Waals surface area contributed by atoms with E-state index in [0.29, 0.717) is 0 Å². The standard InChI is InChI=1S/C15H16O/c1-16-15-13-8-4-2-6-11(13)10-12-7-3-5-9-14(12)15/h2,4,6,8,10H,3,5,7,9H2,1H3. The maximum atomic E-state index is 5.63. The molecule has 0 spiro atoms. The summed E-state index contributed by atoms with van der Waals surface area (Å²) in [5.41, 5.74) is 2.93. The second kappa shape index (κ2) is 3.82. The summed E-state index contributed by atoms with van der Waals surface area (Å²) in [7, 11) is 1.79. The molecular weight excluding hydrogens is 196 g/mol. The Kier molecular flexibility index (Phi) is 2.32. The Morgan fingerprint density at radius 2 is 1.88 bits per heavy atom. The van der Waals surface area contributed by atoms with Gasteiger partial charge in [-0.3, -0.25) is 0 Å². The van der Waals surface area contributed by atoms with Gasteiger partial charge in [-0.05, 0) is 42.2 Å². The highest BCUT2D eigenvalue weighted by atomic mass is 16.5. The van der Waals surface area contributed by atoms with Crippen LogP contribution in [0.5, 0.6) is 5.75 Å². The van der Waals surface area contributed by atoms with E-state index in [0.717, 1.165) is 5.75 Å². The van der Waals surface area contributed by atoms with Gasteiger partial charge in [-0.25, -0.2) is 0 Å². The topological polar surface area (TPSA) is 9.23 Å². The zero-order valence-corrected chi connectivity index (χ0v) is 9.62. The van der Waals surface area contributed by atoms with E-state index in [1.54, 1.807) is 7.11 Å². The van der Waals surface area contributed by atoms with Crippen molar-refractivity contribution in [1.82, 2.24) is 0 Å². The molecule has 0 saturated heterocycles. The van der Waals surface area contributed by atoms with Crippen LogP contribution in [0.1, 0.15) is 24.0 Å². The lowest BCUT2D eigenvalue weighted by molar-refractivity contribution is 0.411. The maximum absolute atomic E-state index is 5.63. The molecular formula is C15H16O. The van der Waals surface area contributed by atoms with Crippen LogP contribution in [0, 0.1) is 0 Å². The average Bonchev–Trinajstić information content (AvgIpc) is 2.36. The molecule has 0 radical (unpaired) electrons. The highest BCUT2D eigenvalue weighted by molar-refractivity contribution is 5.90. The van der Waals surface area contributed by atoms with Gasteiger partial charge in [-0.2, -0.15) is 0 Å². The minimum Gasteiger partial charge on any atom is -0.496 e. The van der Waals surface area contributed by atoms with Gasteiger partial charge in [0.25, 0.3) is 0 Å². The van der Waals surface area contributed by atoms with E-state index in [1.807, 2.05) is 0 Å². The smallest absolute Gasteiger partial charge is 0.130 e. The molecule has 2 aromatic carbocycles. The fourth-order valence-corrected chi connectivity index (χ4v) is 2.76. The zero-order valence-electron chi connectivity index (χ0n) is 9.62. The Morgan fingerprint density at radius 1 is 1.06 bits per heavy atom. The first kappa shape index (κ1) is 9.71. The number of benzene rings is 2. The van der Waals surface area contributed by atoms with Gasteiger partial charge in [0.05, 0.1) is 7.11 Å². The highest BCUT2D eigenvalue weighted by Crippen LogP contribution is 2.36. The predicted molar refractivity (Wildman–Crippen MR) is 67.1 cm³/mol. The number of methoxy groups -OCH3 is 1. The lowest BCUT2D eigenvalue weighted by atomic mass is 9.88. The fourth-order valence-electron chi connectivity index (χ4n) is 2.76. The number of aryl methyl sites for hydroxylation is 1. The summed E-state index contributed by atoms with van der Waals surface area (Å²) in [6.07, 6.45) is 4.98. The fraction of sp³-hybridized carbons (Fsp3) is 0.333. The molecule has 0 fully saturated rings. The second-order valence-corrected chi connectivity index (χ2v) is 4.48. The van der Waals surface area contributed by atoms with E-state index in [2.05, 4.69) is 30.3 Å². The van der Waals surface area contributed by atoms with Crippen LogP contribution in [0.25, 0.3) is 10.8 Å². The van der Waals surface area contributed by atoms with E-state index in [-0.39, 0.29) is 0 Å². The molecule has 0 bridgehead atoms. The molecule has 0 atom stereocenters. The second-order valence-electron chi connectivity index (χ2n) is 4.48. The van der Waals surface area contributed by atoms with E-state index in [4.69, 9.17) is 4.74 Å². The van der Waals surface area contributed by atoms with Crippen molar-refractivity contribution < 1.29 is 4.74 Å². The number of rotatable bonds is 1. The number of hydrogen-bond acceptors (Lipinski definition) is 1. The molecule has 0 unspecified atom stereocenters. The van der Waals surface area contributed by atoms with Crippen molar-refractivity contribution in [2.75, 3.05) is 7.11 Å². The summed E-state index contributed by atoms with van der Waals surface area (Å²) < 4.78 is 5.63. The van der Waals surface area contributed by atoms with Crippen molar-refractivity contribution in [2.24, 2.45) is 0 Å². The molecule has 0 aliphatic heterocycles. The normalized spacial score (nSPS) is 14.8. The summed E-state index contributed by atoms with van der Waals surface area (Å²) >= 11 is 0. The van der Waals surface area contributed by atoms with Crippen molar-refractivity contribution in [3.63, 3.8) is 0 Å². The van der Waals surface area contributed by atoms with Crippen LogP contribution >= 0.6 is 0 Å². The van der Waals surface area contributed by atoms with Gasteiger partial charge in [-0.1, -0.05) is 30.3 Å². The first-order chi connectivity index (χ1) is 7.90. The zero-order chi connectivity index (χ0) is 11.0. The van der Waals surface area contributed by atoms with Crippen LogP contribution in [0.4, 0.5) is 0 Å². The third-order valence-corrected chi connectivity index (χ3v) is 3.52. The molecule has 0 aromatic heterocycles. The Labute approximate surface area is 96.0 Å².